The molecule has 48 heavy (non-hydrogen) atoms. The van der Waals surface area contributed by atoms with E-state index in [9.17, 15) is 14.7 Å². The number of likely N-dealkylation sites (N-methyl/N-ethyl adjacent to an activating group) is 1. The lowest BCUT2D eigenvalue weighted by Crippen LogP contribution is -2.59. The molecule has 1 N–H and O–H groups in total. The second-order valence-corrected chi connectivity index (χ2v) is 16.9. The fourth-order valence-corrected chi connectivity index (χ4v) is 8.56. The molecule has 3 aliphatic rings. The third-order valence-corrected chi connectivity index (χ3v) is 11.3. The van der Waals surface area contributed by atoms with Gasteiger partial charge in [0, 0.05) is 38.2 Å². The largest absolute Gasteiger partial charge is 0.463 e. The Kier molecular flexibility index (Phi) is 15.4. The van der Waals surface area contributed by atoms with Crippen LogP contribution in [0.4, 0.5) is 0 Å². The first kappa shape index (κ1) is 41.3. The smallest absolute Gasteiger partial charge is 0.319 e. The average molecular weight is 682 g/mol. The van der Waals surface area contributed by atoms with Gasteiger partial charge in [-0.1, -0.05) is 34.6 Å². The van der Waals surface area contributed by atoms with Gasteiger partial charge in [-0.05, 0) is 118 Å². The second kappa shape index (κ2) is 17.9. The van der Waals surface area contributed by atoms with Gasteiger partial charge in [0.25, 0.3) is 0 Å². The molecule has 3 fully saturated rings. The summed E-state index contributed by atoms with van der Waals surface area (Å²) >= 11 is 0. The monoisotopic (exact) mass is 682 g/mol. The first-order chi connectivity index (χ1) is 22.4. The van der Waals surface area contributed by atoms with E-state index in [4.69, 9.17) is 18.9 Å². The van der Waals surface area contributed by atoms with E-state index in [-0.39, 0.29) is 36.5 Å². The van der Waals surface area contributed by atoms with Crippen molar-refractivity contribution in [2.75, 3.05) is 60.5 Å². The number of hydrogen-bond donors (Lipinski definition) is 1. The minimum atomic E-state index is -1.40. The summed E-state index contributed by atoms with van der Waals surface area (Å²) in [6.07, 6.45) is 2.73. The Morgan fingerprint density at radius 2 is 1.73 bits per heavy atom. The number of methoxy groups -OCH3 is 1. The van der Waals surface area contributed by atoms with Crippen LogP contribution < -0.4 is 0 Å². The number of cyclic esters (lactones) is 1. The van der Waals surface area contributed by atoms with E-state index in [2.05, 4.69) is 37.5 Å². The highest BCUT2D eigenvalue weighted by Gasteiger charge is 2.51. The van der Waals surface area contributed by atoms with Crippen LogP contribution in [0.25, 0.3) is 0 Å². The van der Waals surface area contributed by atoms with Gasteiger partial charge in [0.05, 0.1) is 17.8 Å². The first-order valence-electron chi connectivity index (χ1n) is 18.8. The van der Waals surface area contributed by atoms with Crippen molar-refractivity contribution in [3.05, 3.63) is 0 Å². The highest BCUT2D eigenvalue weighted by Crippen LogP contribution is 2.38. The highest BCUT2D eigenvalue weighted by atomic mass is 16.7. The summed E-state index contributed by atoms with van der Waals surface area (Å²) in [6, 6.07) is -0.0983. The Balaban J connectivity index is 1.95. The Morgan fingerprint density at radius 1 is 1.08 bits per heavy atom. The van der Waals surface area contributed by atoms with Crippen LogP contribution >= 0.6 is 0 Å². The number of likely N-dealkylation sites (tertiary alicyclic amines) is 1. The number of carbonyl (C=O) groups excluding carboxylic acids is 2. The predicted molar refractivity (Wildman–Crippen MR) is 190 cm³/mol. The number of aliphatic hydroxyl groups is 1. The summed E-state index contributed by atoms with van der Waals surface area (Å²) in [5.74, 6) is -0.111. The van der Waals surface area contributed by atoms with Gasteiger partial charge in [-0.15, -0.1) is 0 Å². The molecule has 10 heteroatoms. The molecule has 10 nitrogen and oxygen atoms in total. The number of hydrogen-bond acceptors (Lipinski definition) is 10. The fourth-order valence-electron chi connectivity index (χ4n) is 8.56. The Hall–Kier alpha value is -1.14. The van der Waals surface area contributed by atoms with Crippen LogP contribution in [0.3, 0.4) is 0 Å². The predicted octanol–water partition coefficient (Wildman–Crippen LogP) is 4.86. The third-order valence-electron chi connectivity index (χ3n) is 11.3. The van der Waals surface area contributed by atoms with Gasteiger partial charge in [-0.25, -0.2) is 0 Å². The zero-order valence-electron chi connectivity index (χ0n) is 32.5. The van der Waals surface area contributed by atoms with Gasteiger partial charge in [-0.3, -0.25) is 14.5 Å². The van der Waals surface area contributed by atoms with E-state index >= 15 is 0 Å². The number of aliphatic hydroxyl groups excluding tert-OH is 1. The summed E-state index contributed by atoms with van der Waals surface area (Å²) in [5, 5.41) is 11.4. The normalized spacial score (nSPS) is 37.2. The molecule has 0 aliphatic carbocycles. The number of ether oxygens (including phenoxy) is 4. The van der Waals surface area contributed by atoms with Crippen LogP contribution in [0.15, 0.2) is 0 Å². The first-order valence-corrected chi connectivity index (χ1v) is 18.8. The zero-order valence-corrected chi connectivity index (χ0v) is 32.5. The van der Waals surface area contributed by atoms with Crippen LogP contribution in [0.2, 0.25) is 0 Å². The Bertz CT molecular complexity index is 1020. The Labute approximate surface area is 292 Å². The standard InChI is InChI=1S/C38H71N3O7/c1-13-16-41-23-26(4)21-38(9,45-12)34(48-35-32(42)31(39(10)11)19-27(5)47-35)28(6)33(43)37(7,8)36(44)46-24-30(41)20-29-14-17-40(18-15-29)22-25(2)3/h25-32,34-35,42H,13-24H2,1-12H3/t26-,27-,28+,30-,31+,32-,34-,35+,38-/m1/s1. The molecule has 280 valence electrons. The zero-order chi connectivity index (χ0) is 36.0. The number of carbonyl (C=O) groups is 2. The second-order valence-electron chi connectivity index (χ2n) is 16.9. The number of piperidine rings is 1. The van der Waals surface area contributed by atoms with Gasteiger partial charge in [-0.2, -0.15) is 0 Å². The fraction of sp³-hybridized carbons (Fsp3) is 0.947. The van der Waals surface area contributed by atoms with Gasteiger partial charge in [0.15, 0.2) is 12.1 Å². The molecule has 0 spiro atoms. The molecular formula is C38H71N3O7. The van der Waals surface area contributed by atoms with Crippen LogP contribution in [0.5, 0.6) is 0 Å². The summed E-state index contributed by atoms with van der Waals surface area (Å²) in [7, 11) is 5.54. The topological polar surface area (TPSA) is 101 Å². The number of ketones is 1. The van der Waals surface area contributed by atoms with Crippen LogP contribution in [0.1, 0.15) is 101 Å². The van der Waals surface area contributed by atoms with Gasteiger partial charge >= 0.3 is 5.97 Å². The van der Waals surface area contributed by atoms with E-state index in [0.717, 1.165) is 58.4 Å². The summed E-state index contributed by atoms with van der Waals surface area (Å²) in [6.45, 7) is 23.4. The third kappa shape index (κ3) is 10.5. The maximum Gasteiger partial charge on any atom is 0.319 e. The molecular weight excluding hydrogens is 610 g/mol. The van der Waals surface area contributed by atoms with Crippen LogP contribution in [0, 0.1) is 29.1 Å². The molecule has 3 saturated heterocycles. The quantitative estimate of drug-likeness (QED) is 0.254. The van der Waals surface area contributed by atoms with E-state index in [1.165, 1.54) is 0 Å². The number of rotatable bonds is 10. The van der Waals surface area contributed by atoms with Crippen molar-refractivity contribution in [2.24, 2.45) is 29.1 Å². The minimum absolute atomic E-state index is 0.0677. The lowest BCUT2D eigenvalue weighted by molar-refractivity contribution is -0.295. The molecule has 0 aromatic heterocycles. The molecule has 3 heterocycles. The van der Waals surface area contributed by atoms with Crippen LogP contribution in [-0.2, 0) is 28.5 Å². The van der Waals surface area contributed by atoms with Gasteiger partial charge < -0.3 is 33.9 Å². The van der Waals surface area contributed by atoms with Gasteiger partial charge in [0.2, 0.25) is 0 Å². The number of Topliss-reactive ketones (excluding diaryl/α,β-unsaturated/α-hetero) is 1. The highest BCUT2D eigenvalue weighted by molar-refractivity contribution is 6.04. The van der Waals surface area contributed by atoms with Crippen molar-refractivity contribution in [1.29, 1.82) is 0 Å². The summed E-state index contributed by atoms with van der Waals surface area (Å²) < 4.78 is 25.3. The molecule has 0 bridgehead atoms. The number of esters is 1. The molecule has 9 atom stereocenters. The van der Waals surface area contributed by atoms with Crippen molar-refractivity contribution in [3.8, 4) is 0 Å². The lowest BCUT2D eigenvalue weighted by Gasteiger charge is -2.47. The molecule has 0 saturated carbocycles. The molecule has 0 unspecified atom stereocenters. The molecule has 3 rings (SSSR count). The molecule has 0 amide bonds. The van der Waals surface area contributed by atoms with Crippen molar-refractivity contribution in [1.82, 2.24) is 14.7 Å². The Morgan fingerprint density at radius 3 is 2.29 bits per heavy atom. The van der Waals surface area contributed by atoms with E-state index in [1.807, 2.05) is 39.8 Å². The van der Waals surface area contributed by atoms with E-state index in [1.54, 1.807) is 21.0 Å². The lowest BCUT2D eigenvalue weighted by atomic mass is 9.74. The van der Waals surface area contributed by atoms with Crippen molar-refractivity contribution in [3.63, 3.8) is 0 Å². The summed E-state index contributed by atoms with van der Waals surface area (Å²) in [4.78, 5) is 35.3. The molecule has 0 radical (unpaired) electrons. The molecule has 0 aromatic carbocycles. The summed E-state index contributed by atoms with van der Waals surface area (Å²) in [5.41, 5.74) is -2.31. The number of nitrogens with zero attached hydrogens (tertiary/aromatic N) is 3. The maximum atomic E-state index is 14.3. The van der Waals surface area contributed by atoms with E-state index in [0.29, 0.717) is 24.7 Å². The van der Waals surface area contributed by atoms with Crippen molar-refractivity contribution >= 4 is 11.8 Å². The van der Waals surface area contributed by atoms with Crippen molar-refractivity contribution in [2.45, 2.75) is 143 Å². The van der Waals surface area contributed by atoms with Crippen molar-refractivity contribution < 1.29 is 33.6 Å². The maximum absolute atomic E-state index is 14.3. The van der Waals surface area contributed by atoms with Gasteiger partial charge in [0.1, 0.15) is 18.1 Å². The molecule has 0 aromatic rings. The SMILES string of the molecule is CCCN1C[C@H](C)C[C@@](C)(OC)[C@H](O[C@@H]2O[C@H](C)C[C@H](N(C)C)[C@H]2O)[C@@H](C)C(=O)C(C)(C)C(=O)OC[C@H]1CC1CCN(CC(C)C)CC1. The molecule has 3 aliphatic heterocycles. The van der Waals surface area contributed by atoms with E-state index < -0.39 is 41.4 Å². The van der Waals surface area contributed by atoms with Crippen LogP contribution in [-0.4, -0.2) is 134 Å². The minimum Gasteiger partial charge on any atom is -0.463 e. The average Bonchev–Trinajstić information content (AvgIpc) is 3.02.